The maximum atomic E-state index is 12.4. The van der Waals surface area contributed by atoms with Crippen LogP contribution in [0.5, 0.6) is 11.5 Å². The Kier molecular flexibility index (Phi) is 6.74. The molecule has 2 heterocycles. The number of carboxylic acids is 1. The number of carbonyl (C=O) groups is 1. The van der Waals surface area contributed by atoms with Crippen LogP contribution in [0.1, 0.15) is 33.1 Å². The van der Waals surface area contributed by atoms with Gasteiger partial charge in [0, 0.05) is 6.20 Å². The molecule has 0 spiro atoms. The number of rotatable bonds is 7. The monoisotopic (exact) mass is 472 g/mol. The minimum absolute atomic E-state index is 0.0551. The molecule has 34 heavy (non-hydrogen) atoms. The van der Waals surface area contributed by atoms with Crippen molar-refractivity contribution in [2.45, 2.75) is 25.6 Å². The van der Waals surface area contributed by atoms with Crippen LogP contribution in [-0.4, -0.2) is 42.0 Å². The van der Waals surface area contributed by atoms with Crippen LogP contribution in [0.25, 0.3) is 11.1 Å². The van der Waals surface area contributed by atoms with E-state index in [2.05, 4.69) is 16.4 Å². The Hall–Kier alpha value is -3.59. The van der Waals surface area contributed by atoms with E-state index in [-0.39, 0.29) is 29.7 Å². The number of halogens is 3. The summed E-state index contributed by atoms with van der Waals surface area (Å²) in [6, 6.07) is 12.2. The molecule has 1 atom stereocenters. The molecule has 0 saturated carbocycles. The molecule has 6 nitrogen and oxygen atoms in total. The van der Waals surface area contributed by atoms with Gasteiger partial charge in [0.05, 0.1) is 12.2 Å². The average molecular weight is 472 g/mol. The minimum atomic E-state index is -4.38. The standard InChI is InChI=1S/C25H23F3N2O4/c1-15-10-18(34-14-25(26,27)28)3-5-19(15)16-2-4-20-17(11-16)6-9-30-22(20)13-33-23-12-29-8-7-21(23)24(31)32/h2-5,7-8,10-12,22,30H,6,9,13-14H2,1H3,(H,31,32)/t22-/m0/s1. The highest BCUT2D eigenvalue weighted by atomic mass is 19.4. The average Bonchev–Trinajstić information content (AvgIpc) is 2.80. The molecular formula is C25H23F3N2O4. The second kappa shape index (κ2) is 9.72. The maximum Gasteiger partial charge on any atom is 0.422 e. The molecule has 4 rings (SSSR count). The van der Waals surface area contributed by atoms with Gasteiger partial charge in [-0.15, -0.1) is 0 Å². The molecule has 0 amide bonds. The van der Waals surface area contributed by atoms with Crippen molar-refractivity contribution >= 4 is 5.97 Å². The van der Waals surface area contributed by atoms with Gasteiger partial charge in [0.1, 0.15) is 17.9 Å². The fourth-order valence-electron chi connectivity index (χ4n) is 4.03. The van der Waals surface area contributed by atoms with Crippen molar-refractivity contribution in [3.8, 4) is 22.6 Å². The molecule has 0 fully saturated rings. The van der Waals surface area contributed by atoms with Crippen molar-refractivity contribution in [1.82, 2.24) is 10.3 Å². The SMILES string of the molecule is Cc1cc(OCC(F)(F)F)ccc1-c1ccc2c(c1)CCN[C@H]2COc1cnccc1C(=O)O. The molecule has 178 valence electrons. The van der Waals surface area contributed by atoms with Gasteiger partial charge in [-0.3, -0.25) is 4.98 Å². The van der Waals surface area contributed by atoms with E-state index in [0.717, 1.165) is 40.8 Å². The van der Waals surface area contributed by atoms with Crippen molar-refractivity contribution < 1.29 is 32.5 Å². The van der Waals surface area contributed by atoms with Crippen LogP contribution >= 0.6 is 0 Å². The number of fused-ring (bicyclic) bond motifs is 1. The Labute approximate surface area is 194 Å². The topological polar surface area (TPSA) is 80.7 Å². The molecule has 0 bridgehead atoms. The lowest BCUT2D eigenvalue weighted by Gasteiger charge is -2.28. The largest absolute Gasteiger partial charge is 0.489 e. The highest BCUT2D eigenvalue weighted by Gasteiger charge is 2.28. The highest BCUT2D eigenvalue weighted by Crippen LogP contribution is 2.32. The van der Waals surface area contributed by atoms with Gasteiger partial charge < -0.3 is 19.9 Å². The summed E-state index contributed by atoms with van der Waals surface area (Å²) in [6.07, 6.45) is -0.783. The number of nitrogens with one attached hydrogen (secondary N) is 1. The second-order valence-electron chi connectivity index (χ2n) is 8.04. The highest BCUT2D eigenvalue weighted by molar-refractivity contribution is 5.90. The zero-order valence-electron chi connectivity index (χ0n) is 18.4. The van der Waals surface area contributed by atoms with Crippen LogP contribution in [-0.2, 0) is 6.42 Å². The number of benzene rings is 2. The minimum Gasteiger partial charge on any atom is -0.489 e. The number of hydrogen-bond donors (Lipinski definition) is 2. The quantitative estimate of drug-likeness (QED) is 0.506. The molecule has 0 unspecified atom stereocenters. The fourth-order valence-corrected chi connectivity index (χ4v) is 4.03. The first-order valence-electron chi connectivity index (χ1n) is 10.7. The Morgan fingerprint density at radius 2 is 2.00 bits per heavy atom. The van der Waals surface area contributed by atoms with Gasteiger partial charge in [-0.1, -0.05) is 24.3 Å². The van der Waals surface area contributed by atoms with Gasteiger partial charge in [0.2, 0.25) is 0 Å². The number of alkyl halides is 3. The van der Waals surface area contributed by atoms with Crippen LogP contribution in [0.15, 0.2) is 54.9 Å². The third-order valence-corrected chi connectivity index (χ3v) is 5.64. The summed E-state index contributed by atoms with van der Waals surface area (Å²) in [7, 11) is 0. The number of aryl methyl sites for hydroxylation is 1. The van der Waals surface area contributed by atoms with Crippen molar-refractivity contribution in [2.75, 3.05) is 19.8 Å². The van der Waals surface area contributed by atoms with Crippen LogP contribution in [0.2, 0.25) is 0 Å². The van der Waals surface area contributed by atoms with Gasteiger partial charge in [-0.2, -0.15) is 13.2 Å². The summed E-state index contributed by atoms with van der Waals surface area (Å²) in [5, 5.41) is 12.7. The maximum absolute atomic E-state index is 12.4. The van der Waals surface area contributed by atoms with Gasteiger partial charge in [-0.05, 0) is 65.9 Å². The lowest BCUT2D eigenvalue weighted by molar-refractivity contribution is -0.153. The smallest absolute Gasteiger partial charge is 0.422 e. The summed E-state index contributed by atoms with van der Waals surface area (Å²) in [6.45, 7) is 1.48. The van der Waals surface area contributed by atoms with E-state index < -0.39 is 18.8 Å². The van der Waals surface area contributed by atoms with Crippen molar-refractivity contribution in [2.24, 2.45) is 0 Å². The Morgan fingerprint density at radius 1 is 1.18 bits per heavy atom. The van der Waals surface area contributed by atoms with Crippen molar-refractivity contribution in [3.05, 3.63) is 77.1 Å². The van der Waals surface area contributed by atoms with E-state index in [1.54, 1.807) is 18.2 Å². The summed E-state index contributed by atoms with van der Waals surface area (Å²) < 4.78 is 47.9. The van der Waals surface area contributed by atoms with E-state index in [1.165, 1.54) is 18.5 Å². The third kappa shape index (κ3) is 5.48. The number of pyridine rings is 1. The van der Waals surface area contributed by atoms with Crippen LogP contribution in [0.4, 0.5) is 13.2 Å². The van der Waals surface area contributed by atoms with Crippen LogP contribution in [0, 0.1) is 6.92 Å². The summed E-state index contributed by atoms with van der Waals surface area (Å²) in [4.78, 5) is 15.3. The van der Waals surface area contributed by atoms with Crippen molar-refractivity contribution in [1.29, 1.82) is 0 Å². The van der Waals surface area contributed by atoms with E-state index in [9.17, 15) is 23.1 Å². The van der Waals surface area contributed by atoms with Crippen LogP contribution in [0.3, 0.4) is 0 Å². The van der Waals surface area contributed by atoms with Crippen LogP contribution < -0.4 is 14.8 Å². The zero-order valence-corrected chi connectivity index (χ0v) is 18.4. The van der Waals surface area contributed by atoms with E-state index in [4.69, 9.17) is 9.47 Å². The lowest BCUT2D eigenvalue weighted by atomic mass is 9.90. The molecule has 1 aromatic heterocycles. The van der Waals surface area contributed by atoms with E-state index >= 15 is 0 Å². The normalized spacial score (nSPS) is 15.5. The first-order valence-corrected chi connectivity index (χ1v) is 10.7. The van der Waals surface area contributed by atoms with E-state index in [0.29, 0.717) is 0 Å². The molecule has 9 heteroatoms. The Morgan fingerprint density at radius 3 is 2.74 bits per heavy atom. The summed E-state index contributed by atoms with van der Waals surface area (Å²) >= 11 is 0. The zero-order chi connectivity index (χ0) is 24.3. The van der Waals surface area contributed by atoms with E-state index in [1.807, 2.05) is 19.1 Å². The molecule has 1 aliphatic rings. The van der Waals surface area contributed by atoms with Gasteiger partial charge in [0.25, 0.3) is 0 Å². The molecule has 2 N–H and O–H groups in total. The van der Waals surface area contributed by atoms with Gasteiger partial charge in [0.15, 0.2) is 12.4 Å². The third-order valence-electron chi connectivity index (χ3n) is 5.64. The second-order valence-corrected chi connectivity index (χ2v) is 8.04. The number of aromatic carboxylic acids is 1. The number of nitrogens with zero attached hydrogens (tertiary/aromatic N) is 1. The number of aromatic nitrogens is 1. The van der Waals surface area contributed by atoms with Gasteiger partial charge >= 0.3 is 12.1 Å². The number of carboxylic acid groups (broad SMARTS) is 1. The fraction of sp³-hybridized carbons (Fsp3) is 0.280. The molecular weight excluding hydrogens is 449 g/mol. The molecule has 0 radical (unpaired) electrons. The molecule has 0 aliphatic carbocycles. The first kappa shape index (κ1) is 23.6. The number of ether oxygens (including phenoxy) is 2. The van der Waals surface area contributed by atoms with Gasteiger partial charge in [-0.25, -0.2) is 4.79 Å². The first-order chi connectivity index (χ1) is 16.2. The number of hydrogen-bond acceptors (Lipinski definition) is 5. The lowest BCUT2D eigenvalue weighted by Crippen LogP contribution is -2.33. The molecule has 1 aliphatic heterocycles. The predicted molar refractivity (Wildman–Crippen MR) is 119 cm³/mol. The summed E-state index contributed by atoms with van der Waals surface area (Å²) in [5.41, 5.74) is 4.92. The summed E-state index contributed by atoms with van der Waals surface area (Å²) in [5.74, 6) is -0.692. The Bertz CT molecular complexity index is 1200. The Balaban J connectivity index is 1.51. The molecule has 0 saturated heterocycles. The molecule has 3 aromatic rings. The van der Waals surface area contributed by atoms with Crippen molar-refractivity contribution in [3.63, 3.8) is 0 Å². The predicted octanol–water partition coefficient (Wildman–Crippen LogP) is 4.96. The molecule has 2 aromatic carbocycles.